The van der Waals surface area contributed by atoms with E-state index in [-0.39, 0.29) is 18.9 Å². The average Bonchev–Trinajstić information content (AvgIpc) is 2.76. The Bertz CT molecular complexity index is 727. The van der Waals surface area contributed by atoms with Gasteiger partial charge in [0.1, 0.15) is 12.1 Å². The molecule has 14 heteroatoms. The van der Waals surface area contributed by atoms with E-state index >= 15 is 0 Å². The van der Waals surface area contributed by atoms with Crippen molar-refractivity contribution in [3.8, 4) is 0 Å². The zero-order valence-corrected chi connectivity index (χ0v) is 20.7. The van der Waals surface area contributed by atoms with Gasteiger partial charge in [-0.2, -0.15) is 0 Å². The zero-order valence-electron chi connectivity index (χ0n) is 20.7. The lowest BCUT2D eigenvalue weighted by atomic mass is 10.0. The summed E-state index contributed by atoms with van der Waals surface area (Å²) >= 11 is 0. The van der Waals surface area contributed by atoms with Crippen LogP contribution in [0.15, 0.2) is 4.99 Å². The van der Waals surface area contributed by atoms with Crippen LogP contribution in [0.4, 0.5) is 0 Å². The maximum atomic E-state index is 13.0. The number of unbranched alkanes of at least 4 members (excludes halogenated alkanes) is 1. The SMILES string of the molecule is CC(C)C(NC(=O)C(CCCN=C(N)N)NC(=O)C(N)CCCCN)C(=O)NC(C(=O)O)C(C)O. The fraction of sp³-hybridized carbons (Fsp3) is 0.762. The fourth-order valence-corrected chi connectivity index (χ4v) is 3.11. The zero-order chi connectivity index (χ0) is 27.1. The number of rotatable bonds is 17. The number of guanidine groups is 1. The van der Waals surface area contributed by atoms with Crippen molar-refractivity contribution in [1.29, 1.82) is 0 Å². The maximum absolute atomic E-state index is 13.0. The number of carbonyl (C=O) groups is 4. The van der Waals surface area contributed by atoms with E-state index in [0.29, 0.717) is 32.2 Å². The largest absolute Gasteiger partial charge is 0.480 e. The summed E-state index contributed by atoms with van der Waals surface area (Å²) < 4.78 is 0. The van der Waals surface area contributed by atoms with Gasteiger partial charge < -0.3 is 49.1 Å². The molecule has 0 heterocycles. The van der Waals surface area contributed by atoms with Crippen molar-refractivity contribution in [2.75, 3.05) is 13.1 Å². The van der Waals surface area contributed by atoms with Crippen LogP contribution in [0.1, 0.15) is 52.9 Å². The van der Waals surface area contributed by atoms with Crippen molar-refractivity contribution in [2.45, 2.75) is 83.1 Å². The predicted molar refractivity (Wildman–Crippen MR) is 131 cm³/mol. The highest BCUT2D eigenvalue weighted by Crippen LogP contribution is 2.07. The summed E-state index contributed by atoms with van der Waals surface area (Å²) in [7, 11) is 0. The van der Waals surface area contributed by atoms with Crippen LogP contribution in [0.5, 0.6) is 0 Å². The molecule has 0 aliphatic rings. The number of nitrogens with two attached hydrogens (primary N) is 4. The minimum atomic E-state index is -1.55. The van der Waals surface area contributed by atoms with E-state index in [0.717, 1.165) is 0 Å². The van der Waals surface area contributed by atoms with Crippen molar-refractivity contribution in [2.24, 2.45) is 33.8 Å². The van der Waals surface area contributed by atoms with Crippen LogP contribution in [-0.4, -0.2) is 83.2 Å². The molecule has 0 fully saturated rings. The number of hydrogen-bond donors (Lipinski definition) is 9. The van der Waals surface area contributed by atoms with E-state index in [4.69, 9.17) is 22.9 Å². The van der Waals surface area contributed by atoms with Crippen LogP contribution < -0.4 is 38.9 Å². The summed E-state index contributed by atoms with van der Waals surface area (Å²) in [6, 6.07) is -4.57. The molecule has 202 valence electrons. The number of amides is 3. The summed E-state index contributed by atoms with van der Waals surface area (Å²) in [6.45, 7) is 5.22. The smallest absolute Gasteiger partial charge is 0.328 e. The molecular weight excluding hydrogens is 460 g/mol. The summed E-state index contributed by atoms with van der Waals surface area (Å²) in [5.41, 5.74) is 22.0. The normalized spacial score (nSPS) is 15.3. The molecule has 0 saturated carbocycles. The lowest BCUT2D eigenvalue weighted by molar-refractivity contribution is -0.145. The van der Waals surface area contributed by atoms with Crippen molar-refractivity contribution in [3.63, 3.8) is 0 Å². The summed E-state index contributed by atoms with van der Waals surface area (Å²) in [5, 5.41) is 26.2. The Morgan fingerprint density at radius 1 is 0.857 bits per heavy atom. The van der Waals surface area contributed by atoms with Crippen LogP contribution >= 0.6 is 0 Å². The molecule has 0 rings (SSSR count). The van der Waals surface area contributed by atoms with Crippen LogP contribution in [0.2, 0.25) is 0 Å². The summed E-state index contributed by atoms with van der Waals surface area (Å²) in [5.74, 6) is -3.94. The molecule has 35 heavy (non-hydrogen) atoms. The van der Waals surface area contributed by atoms with E-state index in [1.165, 1.54) is 6.92 Å². The predicted octanol–water partition coefficient (Wildman–Crippen LogP) is -2.93. The molecule has 0 aliphatic carbocycles. The number of carbonyl (C=O) groups excluding carboxylic acids is 3. The second kappa shape index (κ2) is 16.6. The molecule has 5 unspecified atom stereocenters. The number of aliphatic carboxylic acids is 1. The first-order valence-corrected chi connectivity index (χ1v) is 11.6. The standard InChI is InChI=1S/C21H42N8O6/c1-11(2)15(19(33)29-16(12(3)30)20(34)35)28-18(32)14(8-6-10-26-21(24)25)27-17(31)13(23)7-4-5-9-22/h11-16,30H,4-10,22-23H2,1-3H3,(H,27,31)(H,28,32)(H,29,33)(H,34,35)(H4,24,25,26). The van der Waals surface area contributed by atoms with Gasteiger partial charge in [-0.1, -0.05) is 20.3 Å². The van der Waals surface area contributed by atoms with E-state index in [9.17, 15) is 29.4 Å². The van der Waals surface area contributed by atoms with Crippen molar-refractivity contribution >= 4 is 29.7 Å². The van der Waals surface area contributed by atoms with E-state index in [1.807, 2.05) is 0 Å². The molecule has 3 amide bonds. The van der Waals surface area contributed by atoms with Crippen LogP contribution in [0.25, 0.3) is 0 Å². The lowest BCUT2D eigenvalue weighted by Crippen LogP contribution is -2.59. The third-order valence-corrected chi connectivity index (χ3v) is 5.18. The Morgan fingerprint density at radius 3 is 1.94 bits per heavy atom. The Labute approximate surface area is 205 Å². The van der Waals surface area contributed by atoms with Gasteiger partial charge in [-0.05, 0) is 45.1 Å². The van der Waals surface area contributed by atoms with Crippen molar-refractivity contribution in [3.05, 3.63) is 0 Å². The monoisotopic (exact) mass is 502 g/mol. The first-order chi connectivity index (χ1) is 16.3. The number of carboxylic acid groups (broad SMARTS) is 1. The van der Waals surface area contributed by atoms with Crippen LogP contribution in [0.3, 0.4) is 0 Å². The molecule has 0 radical (unpaired) electrons. The summed E-state index contributed by atoms with van der Waals surface area (Å²) in [4.78, 5) is 53.5. The molecule has 5 atom stereocenters. The Kier molecular flexibility index (Phi) is 15.2. The second-order valence-electron chi connectivity index (χ2n) is 8.70. The average molecular weight is 503 g/mol. The van der Waals surface area contributed by atoms with Crippen molar-refractivity contribution in [1.82, 2.24) is 16.0 Å². The van der Waals surface area contributed by atoms with Gasteiger partial charge in [0.15, 0.2) is 12.0 Å². The molecule has 0 spiro atoms. The first-order valence-electron chi connectivity index (χ1n) is 11.6. The highest BCUT2D eigenvalue weighted by molar-refractivity contribution is 5.94. The third kappa shape index (κ3) is 12.9. The minimum absolute atomic E-state index is 0.111. The van der Waals surface area contributed by atoms with Gasteiger partial charge in [-0.25, -0.2) is 4.79 Å². The van der Waals surface area contributed by atoms with Gasteiger partial charge in [-0.3, -0.25) is 19.4 Å². The lowest BCUT2D eigenvalue weighted by Gasteiger charge is -2.27. The van der Waals surface area contributed by atoms with E-state index < -0.39 is 59.9 Å². The number of aliphatic hydroxyl groups is 1. The van der Waals surface area contributed by atoms with Crippen LogP contribution in [-0.2, 0) is 19.2 Å². The van der Waals surface area contributed by atoms with E-state index in [2.05, 4.69) is 20.9 Å². The van der Waals surface area contributed by atoms with Gasteiger partial charge in [0.25, 0.3) is 0 Å². The third-order valence-electron chi connectivity index (χ3n) is 5.18. The fourth-order valence-electron chi connectivity index (χ4n) is 3.11. The number of nitrogens with one attached hydrogen (secondary N) is 3. The van der Waals surface area contributed by atoms with Gasteiger partial charge in [0.05, 0.1) is 12.1 Å². The molecule has 13 N–H and O–H groups in total. The highest BCUT2D eigenvalue weighted by Gasteiger charge is 2.33. The Hall–Kier alpha value is -2.97. The van der Waals surface area contributed by atoms with Crippen LogP contribution in [0, 0.1) is 5.92 Å². The molecular formula is C21H42N8O6. The molecule has 0 aromatic rings. The summed E-state index contributed by atoms with van der Waals surface area (Å²) in [6.07, 6.45) is 0.887. The maximum Gasteiger partial charge on any atom is 0.328 e. The topological polar surface area (TPSA) is 261 Å². The quantitative estimate of drug-likeness (QED) is 0.0555. The van der Waals surface area contributed by atoms with E-state index in [1.54, 1.807) is 13.8 Å². The number of carboxylic acids is 1. The Balaban J connectivity index is 5.47. The molecule has 0 aliphatic heterocycles. The molecule has 0 aromatic carbocycles. The number of aliphatic imine (C=N–C) groups is 1. The molecule has 0 bridgehead atoms. The molecule has 0 aromatic heterocycles. The minimum Gasteiger partial charge on any atom is -0.480 e. The van der Waals surface area contributed by atoms with Gasteiger partial charge in [0.2, 0.25) is 17.7 Å². The molecule has 14 nitrogen and oxygen atoms in total. The van der Waals surface area contributed by atoms with Gasteiger partial charge in [0, 0.05) is 6.54 Å². The van der Waals surface area contributed by atoms with Gasteiger partial charge in [-0.15, -0.1) is 0 Å². The highest BCUT2D eigenvalue weighted by atomic mass is 16.4. The first kappa shape index (κ1) is 32.0. The van der Waals surface area contributed by atoms with Crippen molar-refractivity contribution < 1.29 is 29.4 Å². The van der Waals surface area contributed by atoms with Gasteiger partial charge >= 0.3 is 5.97 Å². The second-order valence-corrected chi connectivity index (χ2v) is 8.70. The Morgan fingerprint density at radius 2 is 1.46 bits per heavy atom. The number of aliphatic hydroxyl groups excluding tert-OH is 1. The number of hydrogen-bond acceptors (Lipinski definition) is 8. The number of nitrogens with zero attached hydrogens (tertiary/aromatic N) is 1. The molecule has 0 saturated heterocycles.